The van der Waals surface area contributed by atoms with E-state index in [0.717, 1.165) is 5.56 Å². The number of aromatic nitrogens is 2. The van der Waals surface area contributed by atoms with Crippen molar-refractivity contribution in [3.8, 4) is 0 Å². The van der Waals surface area contributed by atoms with Gasteiger partial charge >= 0.3 is 5.97 Å². The molecule has 1 aromatic rings. The molecule has 19 heavy (non-hydrogen) atoms. The fourth-order valence-electron chi connectivity index (χ4n) is 1.54. The van der Waals surface area contributed by atoms with Crippen molar-refractivity contribution in [2.24, 2.45) is 12.5 Å². The van der Waals surface area contributed by atoms with Crippen molar-refractivity contribution in [2.45, 2.75) is 26.8 Å². The van der Waals surface area contributed by atoms with E-state index in [9.17, 15) is 9.59 Å². The highest BCUT2D eigenvalue weighted by atomic mass is 16.4. The number of carboxylic acid groups (broad SMARTS) is 1. The minimum Gasteiger partial charge on any atom is -0.480 e. The van der Waals surface area contributed by atoms with Crippen LogP contribution in [0.2, 0.25) is 0 Å². The zero-order valence-corrected chi connectivity index (χ0v) is 11.5. The van der Waals surface area contributed by atoms with Crippen LogP contribution in [0.25, 0.3) is 6.08 Å². The number of hydrogen-bond donors (Lipinski definition) is 2. The van der Waals surface area contributed by atoms with E-state index in [4.69, 9.17) is 5.11 Å². The summed E-state index contributed by atoms with van der Waals surface area (Å²) in [6, 6.07) is -0.932. The number of nitrogens with zero attached hydrogens (tertiary/aromatic N) is 2. The highest BCUT2D eigenvalue weighted by Gasteiger charge is 2.31. The van der Waals surface area contributed by atoms with Crippen LogP contribution in [0.5, 0.6) is 0 Å². The topological polar surface area (TPSA) is 84.2 Å². The number of aryl methyl sites for hydroxylation is 1. The summed E-state index contributed by atoms with van der Waals surface area (Å²) in [5.74, 6) is -1.48. The van der Waals surface area contributed by atoms with Gasteiger partial charge in [0, 0.05) is 24.9 Å². The van der Waals surface area contributed by atoms with E-state index in [0.29, 0.717) is 0 Å². The molecule has 0 radical (unpaired) electrons. The first-order valence-corrected chi connectivity index (χ1v) is 5.90. The molecular weight excluding hydrogens is 246 g/mol. The fourth-order valence-corrected chi connectivity index (χ4v) is 1.54. The Morgan fingerprint density at radius 2 is 2.11 bits per heavy atom. The van der Waals surface area contributed by atoms with Crippen molar-refractivity contribution in [1.29, 1.82) is 0 Å². The molecule has 104 valence electrons. The molecule has 1 aromatic heterocycles. The van der Waals surface area contributed by atoms with Gasteiger partial charge in [-0.25, -0.2) is 4.79 Å². The molecule has 0 bridgehead atoms. The molecule has 0 saturated heterocycles. The normalized spacial score (nSPS) is 13.5. The summed E-state index contributed by atoms with van der Waals surface area (Å²) in [6.07, 6.45) is 6.26. The Labute approximate surface area is 112 Å². The molecule has 6 nitrogen and oxygen atoms in total. The van der Waals surface area contributed by atoms with E-state index in [1.807, 2.05) is 0 Å². The third kappa shape index (κ3) is 4.57. The lowest BCUT2D eigenvalue weighted by Crippen LogP contribution is -2.48. The Bertz CT molecular complexity index is 497. The van der Waals surface area contributed by atoms with Gasteiger partial charge in [0.05, 0.1) is 6.20 Å². The summed E-state index contributed by atoms with van der Waals surface area (Å²) in [4.78, 5) is 22.8. The molecule has 0 aromatic carbocycles. The van der Waals surface area contributed by atoms with Crippen LogP contribution in [-0.2, 0) is 16.6 Å². The van der Waals surface area contributed by atoms with Gasteiger partial charge in [0.25, 0.3) is 0 Å². The van der Waals surface area contributed by atoms with Crippen LogP contribution in [0.4, 0.5) is 0 Å². The predicted molar refractivity (Wildman–Crippen MR) is 71.3 cm³/mol. The van der Waals surface area contributed by atoms with Gasteiger partial charge in [-0.15, -0.1) is 0 Å². The SMILES string of the molecule is Cn1cc(/C=C/C(=O)N[C@H](C(=O)O)C(C)(C)C)cn1. The monoisotopic (exact) mass is 265 g/mol. The maximum atomic E-state index is 11.7. The van der Waals surface area contributed by atoms with Crippen molar-refractivity contribution in [3.63, 3.8) is 0 Å². The number of nitrogens with one attached hydrogen (secondary N) is 1. The largest absolute Gasteiger partial charge is 0.480 e. The van der Waals surface area contributed by atoms with E-state index in [-0.39, 0.29) is 0 Å². The molecule has 0 aliphatic heterocycles. The molecule has 0 unspecified atom stereocenters. The highest BCUT2D eigenvalue weighted by molar-refractivity contribution is 5.94. The number of carbonyl (C=O) groups is 2. The molecule has 1 amide bonds. The van der Waals surface area contributed by atoms with Gasteiger partial charge in [-0.3, -0.25) is 9.48 Å². The Kier molecular flexibility index (Phi) is 4.47. The van der Waals surface area contributed by atoms with E-state index < -0.39 is 23.3 Å². The molecule has 0 spiro atoms. The fraction of sp³-hybridized carbons (Fsp3) is 0.462. The molecular formula is C13H19N3O3. The summed E-state index contributed by atoms with van der Waals surface area (Å²) < 4.78 is 1.62. The lowest BCUT2D eigenvalue weighted by atomic mass is 9.87. The first-order valence-electron chi connectivity index (χ1n) is 5.90. The van der Waals surface area contributed by atoms with Gasteiger partial charge in [0.1, 0.15) is 6.04 Å². The van der Waals surface area contributed by atoms with Gasteiger partial charge in [-0.05, 0) is 11.5 Å². The number of aliphatic carboxylic acids is 1. The van der Waals surface area contributed by atoms with Crippen molar-refractivity contribution in [2.75, 3.05) is 0 Å². The summed E-state index contributed by atoms with van der Waals surface area (Å²) in [7, 11) is 1.78. The van der Waals surface area contributed by atoms with Crippen LogP contribution < -0.4 is 5.32 Å². The van der Waals surface area contributed by atoms with E-state index >= 15 is 0 Å². The molecule has 0 saturated carbocycles. The van der Waals surface area contributed by atoms with E-state index in [1.165, 1.54) is 6.08 Å². The lowest BCUT2D eigenvalue weighted by molar-refractivity contribution is -0.144. The van der Waals surface area contributed by atoms with Crippen LogP contribution in [-0.4, -0.2) is 32.8 Å². The van der Waals surface area contributed by atoms with Crippen molar-refractivity contribution >= 4 is 18.0 Å². The molecule has 1 heterocycles. The first kappa shape index (κ1) is 14.9. The average molecular weight is 265 g/mol. The Hall–Kier alpha value is -2.11. The van der Waals surface area contributed by atoms with Gasteiger partial charge < -0.3 is 10.4 Å². The molecule has 1 atom stereocenters. The van der Waals surface area contributed by atoms with Gasteiger partial charge in [-0.1, -0.05) is 20.8 Å². The molecule has 2 N–H and O–H groups in total. The highest BCUT2D eigenvalue weighted by Crippen LogP contribution is 2.19. The number of rotatable bonds is 4. The van der Waals surface area contributed by atoms with Crippen molar-refractivity contribution < 1.29 is 14.7 Å². The van der Waals surface area contributed by atoms with E-state index in [1.54, 1.807) is 51.0 Å². The minimum atomic E-state index is -1.05. The predicted octanol–water partition coefficient (Wildman–Crippen LogP) is 1.05. The maximum Gasteiger partial charge on any atom is 0.326 e. The molecule has 0 aliphatic rings. The second-order valence-corrected chi connectivity index (χ2v) is 5.43. The Morgan fingerprint density at radius 1 is 1.47 bits per heavy atom. The third-order valence-electron chi connectivity index (χ3n) is 2.55. The third-order valence-corrected chi connectivity index (χ3v) is 2.55. The average Bonchev–Trinajstić information content (AvgIpc) is 2.67. The van der Waals surface area contributed by atoms with Crippen LogP contribution >= 0.6 is 0 Å². The van der Waals surface area contributed by atoms with Crippen molar-refractivity contribution in [1.82, 2.24) is 15.1 Å². The smallest absolute Gasteiger partial charge is 0.326 e. The van der Waals surface area contributed by atoms with E-state index in [2.05, 4.69) is 10.4 Å². The van der Waals surface area contributed by atoms with Crippen LogP contribution in [0.15, 0.2) is 18.5 Å². The number of carboxylic acids is 1. The maximum absolute atomic E-state index is 11.7. The molecule has 6 heteroatoms. The number of carbonyl (C=O) groups excluding carboxylic acids is 1. The summed E-state index contributed by atoms with van der Waals surface area (Å²) in [5.41, 5.74) is 0.226. The van der Waals surface area contributed by atoms with Crippen molar-refractivity contribution in [3.05, 3.63) is 24.0 Å². The lowest BCUT2D eigenvalue weighted by Gasteiger charge is -2.27. The summed E-state index contributed by atoms with van der Waals surface area (Å²) in [5, 5.41) is 15.5. The summed E-state index contributed by atoms with van der Waals surface area (Å²) >= 11 is 0. The zero-order valence-electron chi connectivity index (χ0n) is 11.5. The second-order valence-electron chi connectivity index (χ2n) is 5.43. The van der Waals surface area contributed by atoms with Gasteiger partial charge in [0.2, 0.25) is 5.91 Å². The minimum absolute atomic E-state index is 0.439. The zero-order chi connectivity index (χ0) is 14.6. The molecule has 0 fully saturated rings. The quantitative estimate of drug-likeness (QED) is 0.797. The summed E-state index contributed by atoms with van der Waals surface area (Å²) in [6.45, 7) is 5.28. The first-order chi connectivity index (χ1) is 8.70. The Morgan fingerprint density at radius 3 is 2.53 bits per heavy atom. The second kappa shape index (κ2) is 5.69. The molecule has 0 aliphatic carbocycles. The number of hydrogen-bond acceptors (Lipinski definition) is 3. The van der Waals surface area contributed by atoms with Crippen LogP contribution in [0.3, 0.4) is 0 Å². The van der Waals surface area contributed by atoms with Gasteiger partial charge in [0.15, 0.2) is 0 Å². The van der Waals surface area contributed by atoms with Crippen LogP contribution in [0.1, 0.15) is 26.3 Å². The molecule has 1 rings (SSSR count). The Balaban J connectivity index is 2.68. The standard InChI is InChI=1S/C13H19N3O3/c1-13(2,3)11(12(18)19)15-10(17)6-5-9-7-14-16(4)8-9/h5-8,11H,1-4H3,(H,15,17)(H,18,19)/b6-5+/t11-/m1/s1. The van der Waals surface area contributed by atoms with Gasteiger partial charge in [-0.2, -0.15) is 5.10 Å². The van der Waals surface area contributed by atoms with Crippen LogP contribution in [0, 0.1) is 5.41 Å². The number of amides is 1.